The molecule has 0 radical (unpaired) electrons. The van der Waals surface area contributed by atoms with E-state index >= 15 is 0 Å². The SMILES string of the molecule is Cc1nnc(S[C@H](C)C(=O)Nc2c(F)cccc2F)s1. The largest absolute Gasteiger partial charge is 0.320 e. The topological polar surface area (TPSA) is 54.9 Å². The number of anilines is 1. The molecule has 0 aliphatic carbocycles. The maximum Gasteiger partial charge on any atom is 0.237 e. The highest BCUT2D eigenvalue weighted by atomic mass is 32.2. The maximum absolute atomic E-state index is 13.4. The van der Waals surface area contributed by atoms with Crippen molar-refractivity contribution < 1.29 is 13.6 Å². The first-order valence-electron chi connectivity index (χ1n) is 5.69. The van der Waals surface area contributed by atoms with E-state index in [1.165, 1.54) is 29.2 Å². The minimum atomic E-state index is -0.803. The Morgan fingerprint density at radius 1 is 1.35 bits per heavy atom. The first-order chi connectivity index (χ1) is 9.47. The number of para-hydroxylation sites is 1. The van der Waals surface area contributed by atoms with Crippen LogP contribution in [0.4, 0.5) is 14.5 Å². The molecule has 8 heteroatoms. The number of halogens is 2. The predicted molar refractivity (Wildman–Crippen MR) is 75.0 cm³/mol. The predicted octanol–water partition coefficient (Wildman–Crippen LogP) is 3.24. The van der Waals surface area contributed by atoms with Crippen LogP contribution in [-0.2, 0) is 4.79 Å². The van der Waals surface area contributed by atoms with Crippen LogP contribution in [0.1, 0.15) is 11.9 Å². The van der Waals surface area contributed by atoms with Gasteiger partial charge in [0.05, 0.1) is 5.25 Å². The smallest absolute Gasteiger partial charge is 0.237 e. The summed E-state index contributed by atoms with van der Waals surface area (Å²) in [4.78, 5) is 11.9. The van der Waals surface area contributed by atoms with Crippen LogP contribution in [0, 0.1) is 18.6 Å². The summed E-state index contributed by atoms with van der Waals surface area (Å²) in [6.07, 6.45) is 0. The second-order valence-corrected chi connectivity index (χ2v) is 6.70. The lowest BCUT2D eigenvalue weighted by molar-refractivity contribution is -0.115. The van der Waals surface area contributed by atoms with Gasteiger partial charge in [-0.25, -0.2) is 8.78 Å². The molecule has 0 aliphatic rings. The molecule has 4 nitrogen and oxygen atoms in total. The molecule has 1 aromatic carbocycles. The molecule has 1 atom stereocenters. The van der Waals surface area contributed by atoms with Gasteiger partial charge >= 0.3 is 0 Å². The molecule has 0 saturated carbocycles. The Hall–Kier alpha value is -1.54. The molecule has 20 heavy (non-hydrogen) atoms. The molecular formula is C12H11F2N3OS2. The molecule has 0 fully saturated rings. The van der Waals surface area contributed by atoms with Crippen LogP contribution < -0.4 is 5.32 Å². The van der Waals surface area contributed by atoms with Gasteiger partial charge in [-0.1, -0.05) is 29.2 Å². The first kappa shape index (κ1) is 14.9. The Morgan fingerprint density at radius 2 is 2.00 bits per heavy atom. The van der Waals surface area contributed by atoms with Gasteiger partial charge in [0, 0.05) is 0 Å². The van der Waals surface area contributed by atoms with E-state index in [1.807, 2.05) is 0 Å². The summed E-state index contributed by atoms with van der Waals surface area (Å²) < 4.78 is 27.5. The molecule has 2 rings (SSSR count). The van der Waals surface area contributed by atoms with Crippen LogP contribution in [0.3, 0.4) is 0 Å². The van der Waals surface area contributed by atoms with Crippen LogP contribution in [0.15, 0.2) is 22.5 Å². The summed E-state index contributed by atoms with van der Waals surface area (Å²) in [5.41, 5.74) is -0.432. The molecule has 106 valence electrons. The summed E-state index contributed by atoms with van der Waals surface area (Å²) in [7, 11) is 0. The average molecular weight is 315 g/mol. The van der Waals surface area contributed by atoms with E-state index in [-0.39, 0.29) is 0 Å². The van der Waals surface area contributed by atoms with Gasteiger partial charge in [-0.05, 0) is 26.0 Å². The lowest BCUT2D eigenvalue weighted by Crippen LogP contribution is -2.23. The third-order valence-electron chi connectivity index (χ3n) is 2.37. The van der Waals surface area contributed by atoms with Crippen molar-refractivity contribution in [3.63, 3.8) is 0 Å². The zero-order valence-electron chi connectivity index (χ0n) is 10.7. The summed E-state index contributed by atoms with van der Waals surface area (Å²) >= 11 is 2.55. The first-order valence-corrected chi connectivity index (χ1v) is 7.38. The number of carbonyl (C=O) groups is 1. The van der Waals surface area contributed by atoms with Crippen molar-refractivity contribution in [2.75, 3.05) is 5.32 Å². The molecule has 0 bridgehead atoms. The number of nitrogens with zero attached hydrogens (tertiary/aromatic N) is 2. The second-order valence-electron chi connectivity index (χ2n) is 3.93. The van der Waals surface area contributed by atoms with E-state index in [0.717, 1.165) is 17.1 Å². The third-order valence-corrected chi connectivity index (χ3v) is 4.39. The van der Waals surface area contributed by atoms with Gasteiger partial charge in [0.2, 0.25) is 5.91 Å². The average Bonchev–Trinajstić information content (AvgIpc) is 2.79. The highest BCUT2D eigenvalue weighted by Gasteiger charge is 2.19. The van der Waals surface area contributed by atoms with Crippen LogP contribution in [-0.4, -0.2) is 21.4 Å². The fraction of sp³-hybridized carbons (Fsp3) is 0.250. The molecule has 1 aromatic heterocycles. The van der Waals surface area contributed by atoms with Crippen LogP contribution in [0.5, 0.6) is 0 Å². The summed E-state index contributed by atoms with van der Waals surface area (Å²) in [6.45, 7) is 3.44. The van der Waals surface area contributed by atoms with Crippen molar-refractivity contribution in [1.82, 2.24) is 10.2 Å². The molecule has 0 unspecified atom stereocenters. The molecule has 1 amide bonds. The van der Waals surface area contributed by atoms with Gasteiger partial charge in [0.1, 0.15) is 22.3 Å². The van der Waals surface area contributed by atoms with Crippen LogP contribution in [0.25, 0.3) is 0 Å². The number of nitrogens with one attached hydrogen (secondary N) is 1. The van der Waals surface area contributed by atoms with Crippen molar-refractivity contribution >= 4 is 34.7 Å². The van der Waals surface area contributed by atoms with E-state index in [0.29, 0.717) is 4.34 Å². The van der Waals surface area contributed by atoms with E-state index in [1.54, 1.807) is 13.8 Å². The molecule has 2 aromatic rings. The molecule has 0 spiro atoms. The summed E-state index contributed by atoms with van der Waals surface area (Å²) in [6, 6.07) is 3.41. The molecular weight excluding hydrogens is 304 g/mol. The highest BCUT2D eigenvalue weighted by Crippen LogP contribution is 2.27. The summed E-state index contributed by atoms with van der Waals surface area (Å²) in [5, 5.41) is 10.2. The molecule has 0 aliphatic heterocycles. The molecule has 1 N–H and O–H groups in total. The number of hydrogen-bond donors (Lipinski definition) is 1. The molecule has 1 heterocycles. The Balaban J connectivity index is 2.04. The van der Waals surface area contributed by atoms with Crippen molar-refractivity contribution in [2.24, 2.45) is 0 Å². The van der Waals surface area contributed by atoms with E-state index in [4.69, 9.17) is 0 Å². The van der Waals surface area contributed by atoms with Crippen molar-refractivity contribution in [2.45, 2.75) is 23.4 Å². The number of hydrogen-bond acceptors (Lipinski definition) is 5. The van der Waals surface area contributed by atoms with Crippen molar-refractivity contribution in [1.29, 1.82) is 0 Å². The number of benzene rings is 1. The van der Waals surface area contributed by atoms with Crippen LogP contribution >= 0.6 is 23.1 Å². The monoisotopic (exact) mass is 315 g/mol. The Bertz CT molecular complexity index is 613. The number of amides is 1. The quantitative estimate of drug-likeness (QED) is 0.880. The Kier molecular flexibility index (Phi) is 4.66. The van der Waals surface area contributed by atoms with Crippen molar-refractivity contribution in [3.05, 3.63) is 34.8 Å². The fourth-order valence-electron chi connectivity index (χ4n) is 1.37. The standard InChI is InChI=1S/C12H11F2N3OS2/c1-6(19-12-17-16-7(2)20-12)11(18)15-10-8(13)4-3-5-9(10)14/h3-6H,1-2H3,(H,15,18)/t6-/m1/s1. The maximum atomic E-state index is 13.4. The minimum absolute atomic E-state index is 0.432. The number of rotatable bonds is 4. The Labute approximate surface area is 122 Å². The minimum Gasteiger partial charge on any atom is -0.320 e. The fourth-order valence-corrected chi connectivity index (χ4v) is 3.33. The van der Waals surface area contributed by atoms with E-state index in [2.05, 4.69) is 15.5 Å². The zero-order chi connectivity index (χ0) is 14.7. The molecule has 0 saturated heterocycles. The van der Waals surface area contributed by atoms with Gasteiger partial charge in [-0.2, -0.15) is 0 Å². The van der Waals surface area contributed by atoms with Gasteiger partial charge in [-0.15, -0.1) is 10.2 Å². The number of aryl methyl sites for hydroxylation is 1. The van der Waals surface area contributed by atoms with Crippen LogP contribution in [0.2, 0.25) is 0 Å². The van der Waals surface area contributed by atoms with E-state index < -0.39 is 28.5 Å². The number of aromatic nitrogens is 2. The summed E-state index contributed by atoms with van der Waals surface area (Å²) in [5.74, 6) is -2.10. The van der Waals surface area contributed by atoms with E-state index in [9.17, 15) is 13.6 Å². The third kappa shape index (κ3) is 3.51. The Morgan fingerprint density at radius 3 is 2.55 bits per heavy atom. The van der Waals surface area contributed by atoms with Gasteiger partial charge < -0.3 is 5.32 Å². The highest BCUT2D eigenvalue weighted by molar-refractivity contribution is 8.02. The number of thioether (sulfide) groups is 1. The normalized spacial score (nSPS) is 12.2. The zero-order valence-corrected chi connectivity index (χ0v) is 12.3. The number of carbonyl (C=O) groups excluding carboxylic acids is 1. The second kappa shape index (κ2) is 6.27. The van der Waals surface area contributed by atoms with Gasteiger partial charge in [0.15, 0.2) is 4.34 Å². The van der Waals surface area contributed by atoms with Crippen molar-refractivity contribution in [3.8, 4) is 0 Å². The lowest BCUT2D eigenvalue weighted by atomic mass is 10.3. The lowest BCUT2D eigenvalue weighted by Gasteiger charge is -2.11. The van der Waals surface area contributed by atoms with Gasteiger partial charge in [-0.3, -0.25) is 4.79 Å². The van der Waals surface area contributed by atoms with Gasteiger partial charge in [0.25, 0.3) is 0 Å².